The van der Waals surface area contributed by atoms with Gasteiger partial charge < -0.3 is 4.74 Å². The quantitative estimate of drug-likeness (QED) is 0.0444. The van der Waals surface area contributed by atoms with Crippen LogP contribution >= 0.6 is 0 Å². The summed E-state index contributed by atoms with van der Waals surface area (Å²) in [5.41, 5.74) is -3.25. The molecule has 0 aliphatic carbocycles. The lowest BCUT2D eigenvalue weighted by molar-refractivity contribution is -0.570. The molecule has 0 aliphatic rings. The predicted molar refractivity (Wildman–Crippen MR) is 385 cm³/mol. The Labute approximate surface area is 598 Å². The first-order valence-electron chi connectivity index (χ1n) is 49.4. The summed E-state index contributed by atoms with van der Waals surface area (Å²) in [5, 5.41) is -8.29. The monoisotopic (exact) mass is 1250 g/mol. The normalized spacial score (nSPS) is 18.5. The number of aromatic nitrogens is 4. The molecule has 0 spiro atoms. The highest BCUT2D eigenvalue weighted by molar-refractivity contribution is 7.22. The molecule has 92 heavy (non-hydrogen) atoms. The molecule has 0 unspecified atom stereocenters. The van der Waals surface area contributed by atoms with Crippen LogP contribution < -0.4 is 50.8 Å². The molecule has 0 amide bonds. The van der Waals surface area contributed by atoms with Gasteiger partial charge in [-0.3, -0.25) is 13.7 Å². The van der Waals surface area contributed by atoms with Gasteiger partial charge in [0.15, 0.2) is 16.1 Å². The van der Waals surface area contributed by atoms with Crippen LogP contribution in [0, 0.1) is 13.2 Å². The lowest BCUT2D eigenvalue weighted by atomic mass is 10.0. The van der Waals surface area contributed by atoms with Gasteiger partial charge in [-0.1, -0.05) is 296 Å². The van der Waals surface area contributed by atoms with Gasteiger partial charge in [-0.25, -0.2) is 4.98 Å². The molecule has 0 saturated heterocycles. The molecule has 0 radical (unpaired) electrons. The zero-order valence-electron chi connectivity index (χ0n) is 90.2. The van der Waals surface area contributed by atoms with Gasteiger partial charge in [0.25, 0.3) is 6.33 Å². The fourth-order valence-electron chi connectivity index (χ4n) is 11.8. The summed E-state index contributed by atoms with van der Waals surface area (Å²) in [7, 11) is -13.9. The Hall–Kier alpha value is -11.5. The van der Waals surface area contributed by atoms with E-state index in [-0.39, 0.29) is 45.2 Å². The van der Waals surface area contributed by atoms with Crippen LogP contribution in [0.5, 0.6) is 11.5 Å². The Morgan fingerprint density at radius 1 is 0.413 bits per heavy atom. The standard InChI is InChI=1S/C85H62N4OSi2/c1-62-56-84(86-60-77(62)64-32-12-3-13-33-64)89-78-49-27-26-48-75(78)76-54-53-68(59-80(76)89)90-67-35-28-34-66(58-67)87-61-88(79-55-52-65(57-81(79)87)63-30-10-2-11-31-63)85-82(91(69-36-14-4-15-37-69,70-38-16-5-17-39-70)71-40-18-6-19-41-71)50-29-51-83(85)92(72-42-20-7-21-43-72,73-44-22-8-23-45-73)74-46-24-9-25-47-74/h2-60H,1H3/i1D3,2D,3D,4D,5D,6D,7D,8D,9D,10D,11D,12D,13D,14D,15D,16D,17D,18D,19D,20D,21D,22D,23D,24D,25D,30D,31D,32D,33D,36D,37D,38D,39D,40D,41D,42D,43D,44D,45D,46D,47D. The number of nitrogens with zero attached hydrogens (tertiary/aromatic N) is 4. The van der Waals surface area contributed by atoms with Crippen molar-refractivity contribution in [2.45, 2.75) is 6.85 Å². The molecule has 3 aromatic heterocycles. The molecule has 13 aromatic carbocycles. The van der Waals surface area contributed by atoms with E-state index in [9.17, 15) is 35.6 Å². The fourth-order valence-corrected chi connectivity index (χ4v) is 20.0. The second-order valence-corrected chi connectivity index (χ2v) is 27.5. The van der Waals surface area contributed by atoms with Crippen molar-refractivity contribution in [3.63, 3.8) is 0 Å². The van der Waals surface area contributed by atoms with Gasteiger partial charge in [-0.05, 0) is 119 Å². The summed E-state index contributed by atoms with van der Waals surface area (Å²) in [6, 6.07) is -22.9. The van der Waals surface area contributed by atoms with Crippen molar-refractivity contribution >= 4 is 90.5 Å². The molecule has 7 heteroatoms. The van der Waals surface area contributed by atoms with Crippen LogP contribution in [0.1, 0.15) is 64.5 Å². The van der Waals surface area contributed by atoms with Gasteiger partial charge in [-0.15, -0.1) is 0 Å². The van der Waals surface area contributed by atoms with E-state index in [0.717, 1.165) is 45.7 Å². The smallest absolute Gasteiger partial charge is 0.269 e. The van der Waals surface area contributed by atoms with Crippen LogP contribution in [0.2, 0.25) is 0 Å². The first-order valence-corrected chi connectivity index (χ1v) is 31.9. The Morgan fingerprint density at radius 2 is 0.891 bits per heavy atom. The number of ether oxygens (including phenoxy) is 1. The highest BCUT2D eigenvalue weighted by Crippen LogP contribution is 2.37. The van der Waals surface area contributed by atoms with Crippen molar-refractivity contribution in [3.05, 3.63) is 369 Å². The number of benzene rings is 13. The van der Waals surface area contributed by atoms with Crippen LogP contribution in [0.3, 0.4) is 0 Å². The Morgan fingerprint density at radius 3 is 1.42 bits per heavy atom. The van der Waals surface area contributed by atoms with E-state index >= 15 is 0 Å². The summed E-state index contributed by atoms with van der Waals surface area (Å²) in [5.74, 6) is -0.185. The topological polar surface area (TPSA) is 35.9 Å². The van der Waals surface area contributed by atoms with Gasteiger partial charge in [0.1, 0.15) is 17.3 Å². The van der Waals surface area contributed by atoms with Crippen molar-refractivity contribution in [1.82, 2.24) is 14.1 Å². The summed E-state index contributed by atoms with van der Waals surface area (Å²) in [6.07, 6.45) is 4.28. The number of rotatable bonds is 15. The number of hydrogen-bond donors (Lipinski definition) is 0. The van der Waals surface area contributed by atoms with E-state index < -0.39 is 334 Å². The van der Waals surface area contributed by atoms with Crippen molar-refractivity contribution in [1.29, 1.82) is 0 Å². The van der Waals surface area contributed by atoms with E-state index in [4.69, 9.17) is 28.0 Å². The van der Waals surface area contributed by atoms with Crippen LogP contribution in [0.25, 0.3) is 72.3 Å². The molecule has 16 rings (SSSR count). The van der Waals surface area contributed by atoms with Gasteiger partial charge in [0.2, 0.25) is 0 Å². The molecule has 0 atom stereocenters. The summed E-state index contributed by atoms with van der Waals surface area (Å²) in [6.45, 7) is -3.03. The first kappa shape index (κ1) is 26.5. The average Bonchev–Trinajstić information content (AvgIpc) is 1.37. The Bertz CT molecular complexity index is 7190. The molecule has 0 N–H and O–H groups in total. The largest absolute Gasteiger partial charge is 0.458 e. The summed E-state index contributed by atoms with van der Waals surface area (Å²) >= 11 is 0. The lowest BCUT2D eigenvalue weighted by Gasteiger charge is -2.40. The number of imidazole rings is 1. The average molecular weight is 1250 g/mol. The Balaban J connectivity index is 1.13. The predicted octanol–water partition coefficient (Wildman–Crippen LogP) is 14.4. The third-order valence-electron chi connectivity index (χ3n) is 15.6. The van der Waals surface area contributed by atoms with Crippen molar-refractivity contribution in [2.24, 2.45) is 0 Å². The van der Waals surface area contributed by atoms with E-state index in [2.05, 4.69) is 11.3 Å². The minimum absolute atomic E-state index is 0.00237. The molecule has 5 nitrogen and oxygen atoms in total. The number of hydrogen-bond acceptors (Lipinski definition) is 2. The van der Waals surface area contributed by atoms with E-state index in [1.807, 2.05) is 0 Å². The zero-order chi connectivity index (χ0) is 98.7. The van der Waals surface area contributed by atoms with Crippen molar-refractivity contribution < 1.29 is 68.2 Å². The van der Waals surface area contributed by atoms with Crippen LogP contribution in [0.15, 0.2) is 357 Å². The molecule has 436 valence electrons. The molecular formula is C85H62N4OSi2. The second kappa shape index (κ2) is 23.8. The molecule has 0 fully saturated rings. The van der Waals surface area contributed by atoms with Gasteiger partial charge >= 0.3 is 0 Å². The highest BCUT2D eigenvalue weighted by atomic mass is 28.3. The van der Waals surface area contributed by atoms with E-state index in [1.165, 1.54) is 48.5 Å². The minimum Gasteiger partial charge on any atom is -0.458 e. The number of pyridine rings is 1. The van der Waals surface area contributed by atoms with Crippen LogP contribution in [-0.4, -0.2) is 30.3 Å². The fraction of sp³-hybridized carbons (Fsp3) is 0.0118. The van der Waals surface area contributed by atoms with E-state index in [1.54, 1.807) is 34.9 Å². The SMILES string of the molecule is [2H]c1c([2H])c([2H])c(-c2ccc3c(c2)n(-c2cccc(Oc4ccc5c6ccccc6n(-c6cc(C([2H])([2H])[2H])c(-c7c([2H])c([2H])c([2H])c([2H])c7[2H])cn6)c5c4)c2)[c-][n+]3-c2c([Si](c3c([2H])c([2H])c([2H])c([2H])c3[2H])(c3c([2H])c([2H])c([2H])c([2H])c3[2H])c3c([2H])c([2H])c([2H])c([2H])c3[2H])cccc2[Si](c2c([2H])c([2H])c([2H])c([2H])c2[2H])(c2c([2H])c([2H])c([2H])c([2H])c2[2H])c2c([2H])c([2H])c([2H])c([2H])c2[2H])c([2H])c1[2H]. The highest BCUT2D eigenvalue weighted by Gasteiger charge is 2.48. The van der Waals surface area contributed by atoms with Crippen LogP contribution in [-0.2, 0) is 0 Å². The number of para-hydroxylation sites is 2. The maximum absolute atomic E-state index is 10.4. The number of fused-ring (bicyclic) bond motifs is 4. The maximum Gasteiger partial charge on any atom is 0.269 e. The van der Waals surface area contributed by atoms with Gasteiger partial charge in [-0.2, -0.15) is 0 Å². The molecule has 0 bridgehead atoms. The van der Waals surface area contributed by atoms with Crippen LogP contribution in [0.4, 0.5) is 0 Å². The third-order valence-corrected chi connectivity index (χ3v) is 24.0. The third kappa shape index (κ3) is 9.53. The summed E-state index contributed by atoms with van der Waals surface area (Å²) in [4.78, 5) is 4.68. The van der Waals surface area contributed by atoms with E-state index in [0.29, 0.717) is 16.3 Å². The molecule has 3 heterocycles. The first-order chi connectivity index (χ1) is 63.3. The zero-order valence-corrected chi connectivity index (χ0v) is 49.2. The maximum atomic E-state index is 10.4. The molecule has 0 aliphatic heterocycles. The number of aryl methyl sites for hydroxylation is 1. The molecule has 16 aromatic rings. The minimum atomic E-state index is -6.95. The Kier molecular flexibility index (Phi) is 6.86. The lowest BCUT2D eigenvalue weighted by Crippen LogP contribution is -2.80. The molecular weight excluding hydrogens is 1150 g/mol. The molecule has 0 saturated carbocycles. The van der Waals surface area contributed by atoms with Gasteiger partial charge in [0, 0.05) is 32.7 Å². The summed E-state index contributed by atoms with van der Waals surface area (Å²) < 4.78 is 420. The van der Waals surface area contributed by atoms with Gasteiger partial charge in [0.05, 0.1) is 88.3 Å². The second-order valence-electron chi connectivity index (χ2n) is 20.4. The van der Waals surface area contributed by atoms with Crippen molar-refractivity contribution in [3.8, 4) is 50.9 Å². The van der Waals surface area contributed by atoms with Crippen molar-refractivity contribution in [2.75, 3.05) is 0 Å².